The van der Waals surface area contributed by atoms with Crippen LogP contribution in [-0.4, -0.2) is 87.6 Å². The van der Waals surface area contributed by atoms with Crippen molar-refractivity contribution in [1.82, 2.24) is 15.1 Å². The average Bonchev–Trinajstić information content (AvgIpc) is 3.33. The lowest BCUT2D eigenvalue weighted by Crippen LogP contribution is -2.42. The fourth-order valence-corrected chi connectivity index (χ4v) is 5.59. The van der Waals surface area contributed by atoms with Crippen molar-refractivity contribution in [3.8, 4) is 11.5 Å². The molecule has 1 amide bonds. The molecule has 0 bridgehead atoms. The molecule has 200 valence electrons. The zero-order valence-electron chi connectivity index (χ0n) is 21.7. The molecule has 1 fully saturated rings. The quantitative estimate of drug-likeness (QED) is 0.458. The average molecular weight is 531 g/mol. The van der Waals surface area contributed by atoms with Gasteiger partial charge in [-0.1, -0.05) is 18.7 Å². The molecular formula is C26H34N4O6S. The highest BCUT2D eigenvalue weighted by Gasteiger charge is 2.42. The van der Waals surface area contributed by atoms with E-state index in [1.54, 1.807) is 20.3 Å². The number of morpholine rings is 1. The van der Waals surface area contributed by atoms with Gasteiger partial charge in [-0.3, -0.25) is 9.69 Å². The first kappa shape index (κ1) is 27.0. The molecule has 0 aliphatic carbocycles. The van der Waals surface area contributed by atoms with Crippen molar-refractivity contribution in [2.75, 3.05) is 60.7 Å². The minimum atomic E-state index is -0.571. The van der Waals surface area contributed by atoms with E-state index in [0.717, 1.165) is 44.1 Å². The first-order valence-electron chi connectivity index (χ1n) is 12.3. The van der Waals surface area contributed by atoms with E-state index in [4.69, 9.17) is 23.9 Å². The van der Waals surface area contributed by atoms with Crippen molar-refractivity contribution in [1.29, 1.82) is 0 Å². The zero-order chi connectivity index (χ0) is 26.4. The number of nitrogens with one attached hydrogen (secondary N) is 1. The van der Waals surface area contributed by atoms with E-state index in [9.17, 15) is 9.59 Å². The third-order valence-electron chi connectivity index (χ3n) is 6.56. The van der Waals surface area contributed by atoms with E-state index >= 15 is 0 Å². The lowest BCUT2D eigenvalue weighted by molar-refractivity contribution is -0.136. The molecule has 1 N–H and O–H groups in total. The number of carbonyl (C=O) groups is 2. The molecule has 0 radical (unpaired) electrons. The van der Waals surface area contributed by atoms with Crippen LogP contribution in [-0.2, 0) is 19.1 Å². The van der Waals surface area contributed by atoms with Gasteiger partial charge in [-0.2, -0.15) is 0 Å². The number of methoxy groups -OCH3 is 3. The predicted molar refractivity (Wildman–Crippen MR) is 141 cm³/mol. The van der Waals surface area contributed by atoms with Gasteiger partial charge < -0.3 is 29.2 Å². The molecule has 1 saturated heterocycles. The molecule has 0 spiro atoms. The minimum Gasteiger partial charge on any atom is -0.497 e. The Balaban J connectivity index is 1.60. The topological polar surface area (TPSA) is 102 Å². The molecule has 1 unspecified atom stereocenters. The molecule has 11 heteroatoms. The molecule has 37 heavy (non-hydrogen) atoms. The smallest absolute Gasteiger partial charge is 0.338 e. The van der Waals surface area contributed by atoms with Crippen LogP contribution in [0.5, 0.6) is 11.5 Å². The number of aliphatic imine (C=N–C) groups is 1. The summed E-state index contributed by atoms with van der Waals surface area (Å²) in [4.78, 5) is 35.0. The third-order valence-corrected chi connectivity index (χ3v) is 7.45. The van der Waals surface area contributed by atoms with Crippen LogP contribution in [0.3, 0.4) is 0 Å². The number of amidine groups is 1. The van der Waals surface area contributed by atoms with E-state index in [0.29, 0.717) is 40.9 Å². The van der Waals surface area contributed by atoms with Gasteiger partial charge in [0, 0.05) is 43.5 Å². The highest BCUT2D eigenvalue weighted by molar-refractivity contribution is 8.16. The Morgan fingerprint density at radius 2 is 1.97 bits per heavy atom. The van der Waals surface area contributed by atoms with Crippen LogP contribution >= 0.6 is 11.8 Å². The molecule has 0 saturated carbocycles. The second-order valence-electron chi connectivity index (χ2n) is 8.69. The molecule has 3 aliphatic rings. The molecular weight excluding hydrogens is 496 g/mol. The summed E-state index contributed by atoms with van der Waals surface area (Å²) in [5.41, 5.74) is 2.59. The van der Waals surface area contributed by atoms with Gasteiger partial charge in [0.2, 0.25) is 5.91 Å². The Bertz CT molecular complexity index is 1110. The van der Waals surface area contributed by atoms with Crippen molar-refractivity contribution < 1.29 is 28.5 Å². The van der Waals surface area contributed by atoms with Crippen LogP contribution in [0, 0.1) is 0 Å². The summed E-state index contributed by atoms with van der Waals surface area (Å²) in [6.45, 7) is 6.49. The Kier molecular flexibility index (Phi) is 9.12. The van der Waals surface area contributed by atoms with Crippen LogP contribution in [0.1, 0.15) is 31.4 Å². The van der Waals surface area contributed by atoms with Crippen LogP contribution in [0.15, 0.2) is 45.6 Å². The molecule has 1 atom stereocenters. The SMILES string of the molecule is CCC1=C(C(=O)OC)C(c2ccc(OC)cc2OC)N2C(CC(=O)NCCN3CCOCC3)=CSC2=N1. The van der Waals surface area contributed by atoms with Crippen molar-refractivity contribution >= 4 is 28.8 Å². The summed E-state index contributed by atoms with van der Waals surface area (Å²) in [5, 5.41) is 5.67. The first-order chi connectivity index (χ1) is 18.0. The monoisotopic (exact) mass is 530 g/mol. The number of carbonyl (C=O) groups excluding carboxylic acids is 2. The zero-order valence-corrected chi connectivity index (χ0v) is 22.6. The molecule has 1 aromatic carbocycles. The van der Waals surface area contributed by atoms with Gasteiger partial charge in [-0.25, -0.2) is 9.79 Å². The summed E-state index contributed by atoms with van der Waals surface area (Å²) < 4.78 is 21.7. The maximum atomic E-state index is 13.1. The first-order valence-corrected chi connectivity index (χ1v) is 13.2. The van der Waals surface area contributed by atoms with E-state index in [1.165, 1.54) is 18.9 Å². The van der Waals surface area contributed by atoms with Gasteiger partial charge in [-0.15, -0.1) is 0 Å². The molecule has 10 nitrogen and oxygen atoms in total. The van der Waals surface area contributed by atoms with Crippen LogP contribution < -0.4 is 14.8 Å². The van der Waals surface area contributed by atoms with E-state index in [2.05, 4.69) is 10.2 Å². The third kappa shape index (κ3) is 5.94. The van der Waals surface area contributed by atoms with Crippen molar-refractivity contribution in [3.05, 3.63) is 46.1 Å². The summed E-state index contributed by atoms with van der Waals surface area (Å²) in [7, 11) is 4.53. The lowest BCUT2D eigenvalue weighted by Gasteiger charge is -2.37. The number of rotatable bonds is 10. The number of esters is 1. The largest absolute Gasteiger partial charge is 0.497 e. The Morgan fingerprint density at radius 3 is 2.65 bits per heavy atom. The Hall–Kier alpha value is -3.02. The summed E-state index contributed by atoms with van der Waals surface area (Å²) in [6, 6.07) is 4.92. The number of thioether (sulfide) groups is 1. The summed E-state index contributed by atoms with van der Waals surface area (Å²) in [6.07, 6.45) is 0.703. The van der Waals surface area contributed by atoms with E-state index in [-0.39, 0.29) is 12.3 Å². The highest BCUT2D eigenvalue weighted by Crippen LogP contribution is 2.48. The predicted octanol–water partition coefficient (Wildman–Crippen LogP) is 2.68. The molecule has 0 aromatic heterocycles. The normalized spacial score (nSPS) is 19.7. The standard InChI is InChI=1S/C26H34N4O6S/c1-5-20-23(25(32)35-4)24(19-7-6-18(33-2)15-21(19)34-3)30-17(16-37-26(30)28-20)14-22(31)27-8-9-29-10-12-36-13-11-29/h6-7,15-16,24H,5,8-14H2,1-4H3,(H,27,31). The van der Waals surface area contributed by atoms with Crippen molar-refractivity contribution in [3.63, 3.8) is 0 Å². The van der Waals surface area contributed by atoms with E-state index < -0.39 is 12.0 Å². The molecule has 3 heterocycles. The number of amides is 1. The Morgan fingerprint density at radius 1 is 1.19 bits per heavy atom. The van der Waals surface area contributed by atoms with Gasteiger partial charge in [0.05, 0.1) is 58.3 Å². The van der Waals surface area contributed by atoms with Gasteiger partial charge in [0.1, 0.15) is 11.5 Å². The van der Waals surface area contributed by atoms with Crippen molar-refractivity contribution in [2.45, 2.75) is 25.8 Å². The maximum absolute atomic E-state index is 13.1. The number of benzene rings is 1. The number of ether oxygens (including phenoxy) is 4. The van der Waals surface area contributed by atoms with Crippen LogP contribution in [0.25, 0.3) is 0 Å². The lowest BCUT2D eigenvalue weighted by atomic mass is 9.92. The number of allylic oxidation sites excluding steroid dienone is 1. The maximum Gasteiger partial charge on any atom is 0.338 e. The second kappa shape index (κ2) is 12.5. The number of hydrogen-bond acceptors (Lipinski definition) is 10. The fraction of sp³-hybridized carbons (Fsp3) is 0.500. The second-order valence-corrected chi connectivity index (χ2v) is 9.52. The summed E-state index contributed by atoms with van der Waals surface area (Å²) in [5.74, 6) is 0.643. The summed E-state index contributed by atoms with van der Waals surface area (Å²) >= 11 is 1.44. The van der Waals surface area contributed by atoms with Crippen molar-refractivity contribution in [2.24, 2.45) is 4.99 Å². The van der Waals surface area contributed by atoms with Gasteiger partial charge in [0.25, 0.3) is 0 Å². The van der Waals surface area contributed by atoms with Gasteiger partial charge >= 0.3 is 5.97 Å². The molecule has 1 aromatic rings. The highest BCUT2D eigenvalue weighted by atomic mass is 32.2. The number of hydrogen-bond donors (Lipinski definition) is 1. The molecule has 4 rings (SSSR count). The Labute approximate surface area is 221 Å². The molecule has 3 aliphatic heterocycles. The van der Waals surface area contributed by atoms with Crippen LogP contribution in [0.2, 0.25) is 0 Å². The van der Waals surface area contributed by atoms with Crippen LogP contribution in [0.4, 0.5) is 0 Å². The number of fused-ring (bicyclic) bond motifs is 1. The minimum absolute atomic E-state index is 0.0910. The fourth-order valence-electron chi connectivity index (χ4n) is 4.66. The van der Waals surface area contributed by atoms with E-state index in [1.807, 2.05) is 29.4 Å². The van der Waals surface area contributed by atoms with Gasteiger partial charge in [-0.05, 0) is 24.0 Å². The number of nitrogens with zero attached hydrogens (tertiary/aromatic N) is 3. The van der Waals surface area contributed by atoms with Gasteiger partial charge in [0.15, 0.2) is 5.17 Å².